The zero-order valence-electron chi connectivity index (χ0n) is 22.2. The summed E-state index contributed by atoms with van der Waals surface area (Å²) in [6.45, 7) is 1.27. The van der Waals surface area contributed by atoms with E-state index < -0.39 is 34.7 Å². The van der Waals surface area contributed by atoms with Crippen LogP contribution < -0.4 is 5.73 Å². The molecule has 41 heavy (non-hydrogen) atoms. The zero-order valence-corrected chi connectivity index (χ0v) is 22.2. The average molecular weight is 567 g/mol. The number of benzene rings is 1. The molecule has 0 saturated carbocycles. The van der Waals surface area contributed by atoms with E-state index in [4.69, 9.17) is 10.5 Å². The first-order valence-corrected chi connectivity index (χ1v) is 13.5. The van der Waals surface area contributed by atoms with Crippen molar-refractivity contribution in [2.75, 3.05) is 19.8 Å². The highest BCUT2D eigenvalue weighted by Gasteiger charge is 2.51. The lowest BCUT2D eigenvalue weighted by molar-refractivity contribution is -0.132. The summed E-state index contributed by atoms with van der Waals surface area (Å²) < 4.78 is 47.6. The molecule has 2 amide bonds. The first-order valence-electron chi connectivity index (χ1n) is 13.5. The van der Waals surface area contributed by atoms with E-state index in [2.05, 4.69) is 15.0 Å². The molecule has 3 aliphatic heterocycles. The Morgan fingerprint density at radius 1 is 1.12 bits per heavy atom. The third-order valence-corrected chi connectivity index (χ3v) is 8.14. The van der Waals surface area contributed by atoms with E-state index in [0.717, 1.165) is 12.5 Å². The molecule has 12 heteroatoms. The van der Waals surface area contributed by atoms with Crippen molar-refractivity contribution in [1.82, 2.24) is 19.8 Å². The minimum absolute atomic E-state index is 0.00826. The quantitative estimate of drug-likeness (QED) is 0.575. The molecule has 0 radical (unpaired) electrons. The van der Waals surface area contributed by atoms with Crippen molar-refractivity contribution < 1.29 is 27.5 Å². The number of guanidine groups is 1. The van der Waals surface area contributed by atoms with Crippen LogP contribution in [0.2, 0.25) is 0 Å². The molecule has 2 aromatic rings. The van der Waals surface area contributed by atoms with E-state index in [9.17, 15) is 22.8 Å². The van der Waals surface area contributed by atoms with Gasteiger partial charge in [-0.25, -0.2) is 4.99 Å². The van der Waals surface area contributed by atoms with Gasteiger partial charge >= 0.3 is 6.18 Å². The van der Waals surface area contributed by atoms with Gasteiger partial charge in [0.2, 0.25) is 0 Å². The molecule has 1 aromatic carbocycles. The minimum atomic E-state index is -4.72. The van der Waals surface area contributed by atoms with Gasteiger partial charge in [0.15, 0.2) is 11.5 Å². The molecule has 0 bridgehead atoms. The number of hydrogen-bond donors (Lipinski definition) is 1. The molecule has 1 fully saturated rings. The number of hydrogen-bond acceptors (Lipinski definition) is 7. The summed E-state index contributed by atoms with van der Waals surface area (Å²) in [4.78, 5) is 43.2. The SMILES string of the molecule is NC1=N[C@](C[C@@H]2CCOC2)(c2ccccc2)C(=O)N1CC1C=C(C(=O)N2Cc3nccnc3C2)C(C(F)(F)F)=CC1. The number of aliphatic imine (C=N–C) groups is 1. The van der Waals surface area contributed by atoms with Crippen molar-refractivity contribution >= 4 is 17.8 Å². The van der Waals surface area contributed by atoms with Crippen LogP contribution in [0.3, 0.4) is 0 Å². The zero-order chi connectivity index (χ0) is 28.8. The van der Waals surface area contributed by atoms with Crippen molar-refractivity contribution in [1.29, 1.82) is 0 Å². The maximum Gasteiger partial charge on any atom is 0.416 e. The van der Waals surface area contributed by atoms with Gasteiger partial charge in [-0.1, -0.05) is 42.5 Å². The van der Waals surface area contributed by atoms with Gasteiger partial charge in [0.1, 0.15) is 0 Å². The number of carbonyl (C=O) groups excluding carboxylic acids is 2. The van der Waals surface area contributed by atoms with Crippen molar-refractivity contribution in [3.05, 3.63) is 83.0 Å². The third kappa shape index (κ3) is 5.01. The number of ether oxygens (including phenoxy) is 1. The summed E-state index contributed by atoms with van der Waals surface area (Å²) in [5, 5.41) is 0. The highest BCUT2D eigenvalue weighted by Crippen LogP contribution is 2.42. The molecule has 214 valence electrons. The first-order chi connectivity index (χ1) is 19.7. The fraction of sp³-hybridized carbons (Fsp3) is 0.414. The molecule has 6 rings (SSSR count). The monoisotopic (exact) mass is 566 g/mol. The van der Waals surface area contributed by atoms with Gasteiger partial charge in [-0.15, -0.1) is 0 Å². The lowest BCUT2D eigenvalue weighted by Crippen LogP contribution is -2.46. The molecular formula is C29H29F3N6O3. The van der Waals surface area contributed by atoms with E-state index in [-0.39, 0.29) is 43.8 Å². The Labute approximate surface area is 234 Å². The molecule has 2 N–H and O–H groups in total. The number of aromatic nitrogens is 2. The van der Waals surface area contributed by atoms with Gasteiger partial charge in [-0.2, -0.15) is 13.2 Å². The fourth-order valence-corrected chi connectivity index (χ4v) is 6.10. The van der Waals surface area contributed by atoms with Crippen LogP contribution in [0.5, 0.6) is 0 Å². The Hall–Kier alpha value is -4.06. The number of halogens is 3. The van der Waals surface area contributed by atoms with Crippen LogP contribution >= 0.6 is 0 Å². The summed E-state index contributed by atoms with van der Waals surface area (Å²) in [5.41, 5.74) is 5.48. The van der Waals surface area contributed by atoms with E-state index in [1.165, 1.54) is 28.3 Å². The van der Waals surface area contributed by atoms with Gasteiger partial charge in [0.25, 0.3) is 11.8 Å². The topological polar surface area (TPSA) is 114 Å². The Balaban J connectivity index is 1.27. The predicted molar refractivity (Wildman–Crippen MR) is 142 cm³/mol. The number of allylic oxidation sites excluding steroid dienone is 1. The van der Waals surface area contributed by atoms with E-state index in [1.54, 1.807) is 0 Å². The summed E-state index contributed by atoms with van der Waals surface area (Å²) >= 11 is 0. The van der Waals surface area contributed by atoms with Gasteiger partial charge in [-0.3, -0.25) is 24.5 Å². The van der Waals surface area contributed by atoms with Crippen LogP contribution in [-0.4, -0.2) is 63.5 Å². The molecular weight excluding hydrogens is 537 g/mol. The van der Waals surface area contributed by atoms with Crippen LogP contribution in [0.15, 0.2) is 71.0 Å². The molecule has 1 aromatic heterocycles. The normalized spacial score (nSPS) is 26.1. The summed E-state index contributed by atoms with van der Waals surface area (Å²) in [6, 6.07) is 9.18. The maximum absolute atomic E-state index is 14.1. The Bertz CT molecular complexity index is 1430. The molecule has 9 nitrogen and oxygen atoms in total. The molecule has 0 spiro atoms. The summed E-state index contributed by atoms with van der Waals surface area (Å²) in [7, 11) is 0. The van der Waals surface area contributed by atoms with Gasteiger partial charge < -0.3 is 15.4 Å². The Morgan fingerprint density at radius 3 is 2.46 bits per heavy atom. The first kappa shape index (κ1) is 27.1. The van der Waals surface area contributed by atoms with Gasteiger partial charge in [-0.05, 0) is 36.7 Å². The van der Waals surface area contributed by atoms with E-state index in [0.29, 0.717) is 36.6 Å². The van der Waals surface area contributed by atoms with Crippen LogP contribution in [0.25, 0.3) is 0 Å². The maximum atomic E-state index is 14.1. The molecule has 3 atom stereocenters. The number of alkyl halides is 3. The molecule has 1 saturated heterocycles. The van der Waals surface area contributed by atoms with Crippen molar-refractivity contribution in [2.45, 2.75) is 44.1 Å². The lowest BCUT2D eigenvalue weighted by Gasteiger charge is -2.31. The largest absolute Gasteiger partial charge is 0.416 e. The predicted octanol–water partition coefficient (Wildman–Crippen LogP) is 3.23. The van der Waals surface area contributed by atoms with Gasteiger partial charge in [0.05, 0.1) is 30.1 Å². The number of nitrogens with zero attached hydrogens (tertiary/aromatic N) is 5. The number of nitrogens with two attached hydrogens (primary N) is 1. The average Bonchev–Trinajstić information content (AvgIpc) is 3.69. The Kier molecular flexibility index (Phi) is 6.88. The molecule has 4 aliphatic rings. The number of amides is 2. The van der Waals surface area contributed by atoms with Crippen LogP contribution in [0.1, 0.15) is 36.2 Å². The number of rotatable bonds is 6. The van der Waals surface area contributed by atoms with E-state index >= 15 is 0 Å². The van der Waals surface area contributed by atoms with Crippen LogP contribution in [0.4, 0.5) is 13.2 Å². The Morgan fingerprint density at radius 2 is 1.83 bits per heavy atom. The lowest BCUT2D eigenvalue weighted by atomic mass is 9.81. The van der Waals surface area contributed by atoms with Crippen molar-refractivity contribution in [2.24, 2.45) is 22.6 Å². The number of carbonyl (C=O) groups is 2. The summed E-state index contributed by atoms with van der Waals surface area (Å²) in [6.07, 6.45) is 1.80. The molecule has 4 heterocycles. The smallest absolute Gasteiger partial charge is 0.381 e. The summed E-state index contributed by atoms with van der Waals surface area (Å²) in [5.74, 6) is -1.54. The van der Waals surface area contributed by atoms with Crippen LogP contribution in [-0.2, 0) is 33.0 Å². The van der Waals surface area contributed by atoms with E-state index in [1.807, 2.05) is 30.3 Å². The van der Waals surface area contributed by atoms with Gasteiger partial charge in [0, 0.05) is 37.7 Å². The minimum Gasteiger partial charge on any atom is -0.381 e. The second kappa shape index (κ2) is 10.4. The van der Waals surface area contributed by atoms with Crippen molar-refractivity contribution in [3.8, 4) is 0 Å². The number of fused-ring (bicyclic) bond motifs is 1. The molecule has 1 unspecified atom stereocenters. The molecule has 1 aliphatic carbocycles. The second-order valence-corrected chi connectivity index (χ2v) is 10.8. The third-order valence-electron chi connectivity index (χ3n) is 8.14. The standard InChI is InChI=1S/C29H29F3N6O3/c30-29(31,32)22-7-6-18(12-21(22)25(39)37-15-23-24(16-37)35-10-9-34-23)14-38-26(40)28(36-27(38)33,13-19-8-11-41-17-19)20-4-2-1-3-5-20/h1-5,7,9-10,12,18-19H,6,8,11,13-17H2,(H2,33,36)/t18?,19-,28+/m0/s1. The van der Waals surface area contributed by atoms with Crippen molar-refractivity contribution in [3.63, 3.8) is 0 Å². The highest BCUT2D eigenvalue weighted by atomic mass is 19.4. The highest BCUT2D eigenvalue weighted by molar-refractivity contribution is 6.07. The second-order valence-electron chi connectivity index (χ2n) is 10.8. The fourth-order valence-electron chi connectivity index (χ4n) is 6.10. The van der Waals surface area contributed by atoms with Crippen LogP contribution in [0, 0.1) is 11.8 Å².